The monoisotopic (exact) mass is 378 g/mol. The van der Waals surface area contributed by atoms with Gasteiger partial charge in [0.1, 0.15) is 5.58 Å². The number of hydrogen-bond donors (Lipinski definition) is 1. The van der Waals surface area contributed by atoms with Crippen LogP contribution in [0, 0.1) is 0 Å². The number of ether oxygens (including phenoxy) is 1. The van der Waals surface area contributed by atoms with Crippen molar-refractivity contribution in [3.63, 3.8) is 0 Å². The Morgan fingerprint density at radius 1 is 1.24 bits per heavy atom. The fourth-order valence-electron chi connectivity index (χ4n) is 2.08. The van der Waals surface area contributed by atoms with Gasteiger partial charge in [0.25, 0.3) is 5.91 Å². The molecule has 0 radical (unpaired) electrons. The molecule has 0 aliphatic heterocycles. The van der Waals surface area contributed by atoms with Crippen LogP contribution in [0.1, 0.15) is 17.5 Å². The van der Waals surface area contributed by atoms with Crippen LogP contribution in [0.4, 0.5) is 5.82 Å². The molecule has 1 aromatic carbocycles. The van der Waals surface area contributed by atoms with Crippen LogP contribution < -0.4 is 5.32 Å². The molecule has 0 unspecified atom stereocenters. The molecule has 0 spiro atoms. The van der Waals surface area contributed by atoms with E-state index in [1.54, 1.807) is 24.3 Å². The number of aromatic nitrogens is 1. The number of nitrogens with zero attached hydrogens (tertiary/aromatic N) is 1. The Kier molecular flexibility index (Phi) is 4.92. The number of benzene rings is 1. The summed E-state index contributed by atoms with van der Waals surface area (Å²) in [6.07, 6.45) is 0.267. The molecule has 3 rings (SSSR count). The standard InChI is InChI=1S/C17H12Cl2N2O4/c1-9(16(22)21-15-12(19)7-11(18)8-20-15)24-17(23)14-6-10-4-2-3-5-13(10)25-14/h2-9H,1H3,(H,20,21,22)/t9-/m1/s1. The number of halogens is 2. The number of pyridine rings is 1. The maximum atomic E-state index is 12.1. The molecule has 0 fully saturated rings. The molecule has 1 amide bonds. The van der Waals surface area contributed by atoms with E-state index in [9.17, 15) is 9.59 Å². The summed E-state index contributed by atoms with van der Waals surface area (Å²) in [6, 6.07) is 10.2. The van der Waals surface area contributed by atoms with Crippen molar-refractivity contribution in [2.45, 2.75) is 13.0 Å². The van der Waals surface area contributed by atoms with E-state index in [1.807, 2.05) is 6.07 Å². The van der Waals surface area contributed by atoms with Gasteiger partial charge < -0.3 is 14.5 Å². The van der Waals surface area contributed by atoms with E-state index in [4.69, 9.17) is 32.4 Å². The highest BCUT2D eigenvalue weighted by atomic mass is 35.5. The maximum absolute atomic E-state index is 12.1. The minimum atomic E-state index is -1.07. The Morgan fingerprint density at radius 2 is 2.00 bits per heavy atom. The molecule has 0 saturated carbocycles. The van der Waals surface area contributed by atoms with Crippen LogP contribution in [-0.2, 0) is 9.53 Å². The molecule has 1 atom stereocenters. The van der Waals surface area contributed by atoms with Crippen LogP contribution in [0.5, 0.6) is 0 Å². The highest BCUT2D eigenvalue weighted by Gasteiger charge is 2.22. The van der Waals surface area contributed by atoms with Crippen molar-refractivity contribution in [1.29, 1.82) is 0 Å². The van der Waals surface area contributed by atoms with Gasteiger partial charge in [0.05, 0.1) is 10.0 Å². The summed E-state index contributed by atoms with van der Waals surface area (Å²) < 4.78 is 10.5. The van der Waals surface area contributed by atoms with E-state index in [2.05, 4.69) is 10.3 Å². The zero-order valence-corrected chi connectivity index (χ0v) is 14.5. The van der Waals surface area contributed by atoms with Gasteiger partial charge in [-0.05, 0) is 25.1 Å². The van der Waals surface area contributed by atoms with Gasteiger partial charge in [-0.3, -0.25) is 4.79 Å². The number of rotatable bonds is 4. The Bertz CT molecular complexity index is 922. The summed E-state index contributed by atoms with van der Waals surface area (Å²) in [6.45, 7) is 1.43. The molecule has 0 saturated heterocycles. The molecule has 0 bridgehead atoms. The quantitative estimate of drug-likeness (QED) is 0.683. The smallest absolute Gasteiger partial charge is 0.375 e. The van der Waals surface area contributed by atoms with Gasteiger partial charge in [0.15, 0.2) is 11.9 Å². The number of nitrogens with one attached hydrogen (secondary N) is 1. The van der Waals surface area contributed by atoms with Crippen LogP contribution in [0.2, 0.25) is 10.0 Å². The number of fused-ring (bicyclic) bond motifs is 1. The van der Waals surface area contributed by atoms with E-state index >= 15 is 0 Å². The number of esters is 1. The normalized spacial score (nSPS) is 12.0. The van der Waals surface area contributed by atoms with Crippen LogP contribution >= 0.6 is 23.2 Å². The van der Waals surface area contributed by atoms with Gasteiger partial charge in [-0.1, -0.05) is 41.4 Å². The summed E-state index contributed by atoms with van der Waals surface area (Å²) in [5.41, 5.74) is 0.559. The van der Waals surface area contributed by atoms with Gasteiger partial charge in [-0.25, -0.2) is 9.78 Å². The molecule has 25 heavy (non-hydrogen) atoms. The zero-order valence-electron chi connectivity index (χ0n) is 13.0. The lowest BCUT2D eigenvalue weighted by Gasteiger charge is -2.12. The van der Waals surface area contributed by atoms with Gasteiger partial charge in [-0.15, -0.1) is 0 Å². The number of furan rings is 1. The summed E-state index contributed by atoms with van der Waals surface area (Å²) in [4.78, 5) is 28.2. The molecule has 1 N–H and O–H groups in total. The highest BCUT2D eigenvalue weighted by Crippen LogP contribution is 2.23. The average Bonchev–Trinajstić information content (AvgIpc) is 3.01. The number of carbonyl (C=O) groups excluding carboxylic acids is 2. The summed E-state index contributed by atoms with van der Waals surface area (Å²) in [7, 11) is 0. The Morgan fingerprint density at radius 3 is 2.72 bits per heavy atom. The highest BCUT2D eigenvalue weighted by molar-refractivity contribution is 6.36. The number of carbonyl (C=O) groups is 2. The molecule has 6 nitrogen and oxygen atoms in total. The molecule has 0 aliphatic carbocycles. The third-order valence-corrected chi connectivity index (χ3v) is 3.82. The van der Waals surface area contributed by atoms with Crippen molar-refractivity contribution in [1.82, 2.24) is 4.98 Å². The summed E-state index contributed by atoms with van der Waals surface area (Å²) in [5.74, 6) is -1.18. The first-order valence-corrected chi connectivity index (χ1v) is 8.01. The van der Waals surface area contributed by atoms with Crippen LogP contribution in [0.3, 0.4) is 0 Å². The molecule has 8 heteroatoms. The predicted molar refractivity (Wildman–Crippen MR) is 94.0 cm³/mol. The van der Waals surface area contributed by atoms with Crippen molar-refractivity contribution in [3.05, 3.63) is 58.4 Å². The second-order valence-electron chi connectivity index (χ2n) is 5.17. The SMILES string of the molecule is C[C@@H](OC(=O)c1cc2ccccc2o1)C(=O)Nc1ncc(Cl)cc1Cl. The van der Waals surface area contributed by atoms with Crippen molar-refractivity contribution in [2.75, 3.05) is 5.32 Å². The van der Waals surface area contributed by atoms with E-state index in [0.717, 1.165) is 5.39 Å². The lowest BCUT2D eigenvalue weighted by Crippen LogP contribution is -2.30. The number of para-hydroxylation sites is 1. The van der Waals surface area contributed by atoms with Crippen LogP contribution in [0.25, 0.3) is 11.0 Å². The molecule has 2 heterocycles. The molecule has 3 aromatic rings. The summed E-state index contributed by atoms with van der Waals surface area (Å²) >= 11 is 11.7. The van der Waals surface area contributed by atoms with Gasteiger partial charge in [0.2, 0.25) is 5.76 Å². The average molecular weight is 379 g/mol. The van der Waals surface area contributed by atoms with E-state index < -0.39 is 18.0 Å². The lowest BCUT2D eigenvalue weighted by molar-refractivity contribution is -0.123. The van der Waals surface area contributed by atoms with Gasteiger partial charge in [-0.2, -0.15) is 0 Å². The van der Waals surface area contributed by atoms with Gasteiger partial charge >= 0.3 is 5.97 Å². The van der Waals surface area contributed by atoms with Crippen molar-refractivity contribution >= 4 is 51.9 Å². The second-order valence-corrected chi connectivity index (χ2v) is 6.01. The predicted octanol–water partition coefficient (Wildman–Crippen LogP) is 4.32. The van der Waals surface area contributed by atoms with E-state index in [1.165, 1.54) is 19.2 Å². The van der Waals surface area contributed by atoms with Crippen LogP contribution in [0.15, 0.2) is 47.0 Å². The van der Waals surface area contributed by atoms with Crippen LogP contribution in [-0.4, -0.2) is 23.0 Å². The first-order chi connectivity index (χ1) is 11.9. The largest absolute Gasteiger partial charge is 0.449 e. The van der Waals surface area contributed by atoms with E-state index in [-0.39, 0.29) is 16.6 Å². The Labute approximate surface area is 152 Å². The molecular weight excluding hydrogens is 367 g/mol. The van der Waals surface area contributed by atoms with Crippen molar-refractivity contribution < 1.29 is 18.7 Å². The summed E-state index contributed by atoms with van der Waals surface area (Å²) in [5, 5.41) is 3.76. The molecule has 128 valence electrons. The second kappa shape index (κ2) is 7.13. The zero-order chi connectivity index (χ0) is 18.0. The van der Waals surface area contributed by atoms with Crippen molar-refractivity contribution in [2.24, 2.45) is 0 Å². The molecular formula is C17H12Cl2N2O4. The molecule has 0 aliphatic rings. The van der Waals surface area contributed by atoms with Crippen molar-refractivity contribution in [3.8, 4) is 0 Å². The Balaban J connectivity index is 1.67. The fraction of sp³-hybridized carbons (Fsp3) is 0.118. The number of anilines is 1. The van der Waals surface area contributed by atoms with Gasteiger partial charge in [0, 0.05) is 11.6 Å². The van der Waals surface area contributed by atoms with E-state index in [0.29, 0.717) is 10.6 Å². The number of amides is 1. The topological polar surface area (TPSA) is 81.4 Å². The first kappa shape index (κ1) is 17.3. The minimum Gasteiger partial charge on any atom is -0.449 e. The first-order valence-electron chi connectivity index (χ1n) is 7.25. The molecule has 2 aromatic heterocycles. The third kappa shape index (κ3) is 3.92. The Hall–Kier alpha value is -2.57. The lowest BCUT2D eigenvalue weighted by atomic mass is 10.2. The number of hydrogen-bond acceptors (Lipinski definition) is 5. The fourth-order valence-corrected chi connectivity index (χ4v) is 2.51. The maximum Gasteiger partial charge on any atom is 0.375 e. The third-order valence-electron chi connectivity index (χ3n) is 3.33. The minimum absolute atomic E-state index is 0.0171.